The van der Waals surface area contributed by atoms with Crippen LogP contribution >= 0.6 is 0 Å². The summed E-state index contributed by atoms with van der Waals surface area (Å²) in [7, 11) is 0. The third kappa shape index (κ3) is 4.43. The third-order valence-electron chi connectivity index (χ3n) is 2.76. The van der Waals surface area contributed by atoms with Crippen molar-refractivity contribution in [3.05, 3.63) is 35.6 Å². The molecular weight excluding hydrogens is 219 g/mol. The number of urea groups is 1. The molecule has 2 N–H and O–H groups in total. The van der Waals surface area contributed by atoms with Gasteiger partial charge in [0.25, 0.3) is 0 Å². The highest BCUT2D eigenvalue weighted by molar-refractivity contribution is 5.74. The Morgan fingerprint density at radius 1 is 1.29 bits per heavy atom. The highest BCUT2D eigenvalue weighted by Crippen LogP contribution is 2.05. The van der Waals surface area contributed by atoms with Gasteiger partial charge in [0.05, 0.1) is 0 Å². The van der Waals surface area contributed by atoms with Gasteiger partial charge in [-0.3, -0.25) is 0 Å². The van der Waals surface area contributed by atoms with Crippen LogP contribution in [0.4, 0.5) is 9.18 Å². The molecule has 1 atom stereocenters. The van der Waals surface area contributed by atoms with Gasteiger partial charge in [-0.2, -0.15) is 0 Å². The zero-order chi connectivity index (χ0) is 12.8. The number of carbonyl (C=O) groups is 1. The maximum Gasteiger partial charge on any atom is 0.315 e. The van der Waals surface area contributed by atoms with E-state index in [0.29, 0.717) is 11.5 Å². The Morgan fingerprint density at radius 3 is 2.53 bits per heavy atom. The van der Waals surface area contributed by atoms with Gasteiger partial charge in [0.2, 0.25) is 0 Å². The fourth-order valence-corrected chi connectivity index (χ4v) is 1.24. The average molecular weight is 238 g/mol. The molecule has 1 aromatic carbocycles. The van der Waals surface area contributed by atoms with Crippen LogP contribution in [0.25, 0.3) is 0 Å². The molecule has 2 amide bonds. The van der Waals surface area contributed by atoms with Crippen molar-refractivity contribution in [3.8, 4) is 0 Å². The first-order valence-electron chi connectivity index (χ1n) is 5.78. The second-order valence-corrected chi connectivity index (χ2v) is 4.45. The molecule has 0 saturated heterocycles. The maximum absolute atomic E-state index is 13.3. The quantitative estimate of drug-likeness (QED) is 0.832. The monoisotopic (exact) mass is 238 g/mol. The highest BCUT2D eigenvalue weighted by Gasteiger charge is 2.10. The predicted octanol–water partition coefficient (Wildman–Crippen LogP) is 2.67. The molecule has 4 heteroatoms. The second-order valence-electron chi connectivity index (χ2n) is 4.45. The molecule has 0 aliphatic rings. The van der Waals surface area contributed by atoms with Crippen molar-refractivity contribution >= 4 is 6.03 Å². The number of rotatable bonds is 4. The van der Waals surface area contributed by atoms with E-state index >= 15 is 0 Å². The molecule has 0 aliphatic carbocycles. The molecule has 0 fully saturated rings. The summed E-state index contributed by atoms with van der Waals surface area (Å²) in [4.78, 5) is 11.5. The molecule has 1 aromatic rings. The summed E-state index contributed by atoms with van der Waals surface area (Å²) < 4.78 is 13.3. The van der Waals surface area contributed by atoms with E-state index < -0.39 is 0 Å². The number of halogens is 1. The van der Waals surface area contributed by atoms with E-state index in [9.17, 15) is 9.18 Å². The maximum atomic E-state index is 13.3. The molecule has 0 radical (unpaired) electrons. The number of nitrogens with one attached hydrogen (secondary N) is 2. The second kappa shape index (κ2) is 6.23. The molecule has 1 unspecified atom stereocenters. The molecule has 0 aromatic heterocycles. The van der Waals surface area contributed by atoms with Crippen LogP contribution in [-0.4, -0.2) is 12.1 Å². The first kappa shape index (κ1) is 13.5. The van der Waals surface area contributed by atoms with Crippen LogP contribution in [0.1, 0.15) is 26.3 Å². The fourth-order valence-electron chi connectivity index (χ4n) is 1.24. The first-order chi connectivity index (χ1) is 8.00. The van der Waals surface area contributed by atoms with Gasteiger partial charge in [0, 0.05) is 18.2 Å². The normalized spacial score (nSPS) is 12.3. The average Bonchev–Trinajstić information content (AvgIpc) is 2.27. The first-order valence-corrected chi connectivity index (χ1v) is 5.78. The number of hydrogen-bond donors (Lipinski definition) is 2. The van der Waals surface area contributed by atoms with Gasteiger partial charge in [-0.25, -0.2) is 9.18 Å². The van der Waals surface area contributed by atoms with E-state index in [4.69, 9.17) is 0 Å². The number of hydrogen-bond acceptors (Lipinski definition) is 1. The molecule has 0 aliphatic heterocycles. The van der Waals surface area contributed by atoms with Gasteiger partial charge in [-0.05, 0) is 18.9 Å². The summed E-state index contributed by atoms with van der Waals surface area (Å²) in [6.07, 6.45) is 0. The summed E-state index contributed by atoms with van der Waals surface area (Å²) in [5.41, 5.74) is 0.486. The topological polar surface area (TPSA) is 41.1 Å². The van der Waals surface area contributed by atoms with Crippen LogP contribution in [0.2, 0.25) is 0 Å². The molecular formula is C13H19FN2O. The van der Waals surface area contributed by atoms with Crippen molar-refractivity contribution in [2.45, 2.75) is 33.4 Å². The zero-order valence-electron chi connectivity index (χ0n) is 10.5. The number of benzene rings is 1. The lowest BCUT2D eigenvalue weighted by Gasteiger charge is -2.17. The largest absolute Gasteiger partial charge is 0.335 e. The van der Waals surface area contributed by atoms with Gasteiger partial charge < -0.3 is 10.6 Å². The minimum Gasteiger partial charge on any atom is -0.335 e. The minimum absolute atomic E-state index is 0.0932. The van der Waals surface area contributed by atoms with Crippen molar-refractivity contribution < 1.29 is 9.18 Å². The smallest absolute Gasteiger partial charge is 0.315 e. The lowest BCUT2D eigenvalue weighted by Crippen LogP contribution is -2.42. The summed E-state index contributed by atoms with van der Waals surface area (Å²) in [6.45, 7) is 6.19. The summed E-state index contributed by atoms with van der Waals surface area (Å²) in [5, 5.41) is 5.43. The van der Waals surface area contributed by atoms with Gasteiger partial charge >= 0.3 is 6.03 Å². The van der Waals surface area contributed by atoms with Gasteiger partial charge in [-0.1, -0.05) is 32.0 Å². The standard InChI is InChI=1S/C13H19FN2O/c1-9(2)10(3)16-13(17)15-8-11-6-4-5-7-12(11)14/h4-7,9-10H,8H2,1-3H3,(H2,15,16,17). The van der Waals surface area contributed by atoms with Gasteiger partial charge in [-0.15, -0.1) is 0 Å². The number of carbonyl (C=O) groups excluding carboxylic acids is 1. The van der Waals surface area contributed by atoms with Crippen molar-refractivity contribution in [1.82, 2.24) is 10.6 Å². The lowest BCUT2D eigenvalue weighted by molar-refractivity contribution is 0.234. The van der Waals surface area contributed by atoms with E-state index in [0.717, 1.165) is 0 Å². The van der Waals surface area contributed by atoms with E-state index in [1.807, 2.05) is 20.8 Å². The van der Waals surface area contributed by atoms with Gasteiger partial charge in [0.15, 0.2) is 0 Å². The van der Waals surface area contributed by atoms with E-state index in [2.05, 4.69) is 10.6 Å². The van der Waals surface area contributed by atoms with Crippen LogP contribution in [0.15, 0.2) is 24.3 Å². The van der Waals surface area contributed by atoms with Crippen LogP contribution in [0.5, 0.6) is 0 Å². The summed E-state index contributed by atoms with van der Waals surface area (Å²) >= 11 is 0. The van der Waals surface area contributed by atoms with Crippen molar-refractivity contribution in [1.29, 1.82) is 0 Å². The Labute approximate surface area is 101 Å². The Morgan fingerprint density at radius 2 is 1.94 bits per heavy atom. The summed E-state index contributed by atoms with van der Waals surface area (Å²) in [6, 6.07) is 6.23. The molecule has 0 heterocycles. The summed E-state index contributed by atoms with van der Waals surface area (Å²) in [5.74, 6) is 0.0684. The van der Waals surface area contributed by atoms with Crippen LogP contribution < -0.4 is 10.6 Å². The highest BCUT2D eigenvalue weighted by atomic mass is 19.1. The van der Waals surface area contributed by atoms with Crippen LogP contribution in [-0.2, 0) is 6.54 Å². The molecule has 0 saturated carbocycles. The number of amides is 2. The fraction of sp³-hybridized carbons (Fsp3) is 0.462. The van der Waals surface area contributed by atoms with Crippen molar-refractivity contribution in [2.24, 2.45) is 5.92 Å². The Hall–Kier alpha value is -1.58. The zero-order valence-corrected chi connectivity index (χ0v) is 10.5. The lowest BCUT2D eigenvalue weighted by atomic mass is 10.1. The Balaban J connectivity index is 2.41. The van der Waals surface area contributed by atoms with Crippen molar-refractivity contribution in [3.63, 3.8) is 0 Å². The Bertz CT molecular complexity index is 379. The van der Waals surface area contributed by atoms with Crippen LogP contribution in [0, 0.1) is 11.7 Å². The third-order valence-corrected chi connectivity index (χ3v) is 2.76. The molecule has 0 spiro atoms. The SMILES string of the molecule is CC(C)C(C)NC(=O)NCc1ccccc1F. The van der Waals surface area contributed by atoms with E-state index in [1.165, 1.54) is 6.07 Å². The molecule has 0 bridgehead atoms. The molecule has 3 nitrogen and oxygen atoms in total. The minimum atomic E-state index is -0.301. The Kier molecular flexibility index (Phi) is 4.94. The predicted molar refractivity (Wildman–Crippen MR) is 66.1 cm³/mol. The van der Waals surface area contributed by atoms with Crippen molar-refractivity contribution in [2.75, 3.05) is 0 Å². The molecule has 17 heavy (non-hydrogen) atoms. The molecule has 1 rings (SSSR count). The molecule has 94 valence electrons. The van der Waals surface area contributed by atoms with Gasteiger partial charge in [0.1, 0.15) is 5.82 Å². The van der Waals surface area contributed by atoms with Crippen LogP contribution in [0.3, 0.4) is 0 Å². The van der Waals surface area contributed by atoms with E-state index in [1.54, 1.807) is 18.2 Å². The van der Waals surface area contributed by atoms with E-state index in [-0.39, 0.29) is 24.4 Å².